The molecule has 1 fully saturated rings. The molecule has 1 unspecified atom stereocenters. The van der Waals surface area contributed by atoms with E-state index in [0.717, 1.165) is 42.3 Å². The highest BCUT2D eigenvalue weighted by molar-refractivity contribution is 8.15. The van der Waals surface area contributed by atoms with Crippen molar-refractivity contribution in [1.29, 1.82) is 0 Å². The van der Waals surface area contributed by atoms with Crippen LogP contribution in [0.5, 0.6) is 5.75 Å². The fraction of sp³-hybridized carbons (Fsp3) is 0.300. The van der Waals surface area contributed by atoms with Crippen LogP contribution in [0.15, 0.2) is 48.5 Å². The molecule has 0 aromatic heterocycles. The second kappa shape index (κ2) is 6.92. The number of hydrogen-bond acceptors (Lipinski definition) is 4. The molecule has 2 aromatic carbocycles. The van der Waals surface area contributed by atoms with Crippen LogP contribution in [0, 0.1) is 0 Å². The average Bonchev–Trinajstić information content (AvgIpc) is 2.93. The number of carbonyl (C=O) groups is 2. The standard InChI is InChI=1S/C20H19NO3S/c22-19-18(25-20(23)21-19)12-14-6-9-17-15(10-14)7-8-16(24-17)11-13-4-2-1-3-5-13/h1-6,9-10,16,18H,7-8,11-12H2,(H,21,22,23)/t16-,18?/m0/s1. The van der Waals surface area contributed by atoms with Gasteiger partial charge in [-0.15, -0.1) is 0 Å². The number of aryl methyl sites for hydroxylation is 1. The lowest BCUT2D eigenvalue weighted by molar-refractivity contribution is -0.118. The molecule has 128 valence electrons. The van der Waals surface area contributed by atoms with Crippen molar-refractivity contribution in [3.63, 3.8) is 0 Å². The summed E-state index contributed by atoms with van der Waals surface area (Å²) in [6.45, 7) is 0. The first-order chi connectivity index (χ1) is 12.2. The van der Waals surface area contributed by atoms with Crippen molar-refractivity contribution in [3.8, 4) is 5.75 Å². The van der Waals surface area contributed by atoms with Crippen molar-refractivity contribution < 1.29 is 14.3 Å². The summed E-state index contributed by atoms with van der Waals surface area (Å²) in [5.74, 6) is 0.752. The van der Waals surface area contributed by atoms with E-state index in [2.05, 4.69) is 35.6 Å². The van der Waals surface area contributed by atoms with Gasteiger partial charge in [0.2, 0.25) is 5.91 Å². The van der Waals surface area contributed by atoms with Crippen LogP contribution in [0.1, 0.15) is 23.1 Å². The molecule has 2 heterocycles. The molecule has 0 spiro atoms. The average molecular weight is 353 g/mol. The third-order valence-corrected chi connectivity index (χ3v) is 5.63. The van der Waals surface area contributed by atoms with E-state index in [1.165, 1.54) is 11.1 Å². The quantitative estimate of drug-likeness (QED) is 0.914. The third kappa shape index (κ3) is 3.71. The SMILES string of the molecule is O=C1NC(=O)C(Cc2ccc3c(c2)CC[C@@H](Cc2ccccc2)O3)S1. The van der Waals surface area contributed by atoms with Crippen LogP contribution in [0.3, 0.4) is 0 Å². The molecule has 4 rings (SSSR count). The van der Waals surface area contributed by atoms with Gasteiger partial charge in [0, 0.05) is 6.42 Å². The van der Waals surface area contributed by atoms with Gasteiger partial charge in [-0.3, -0.25) is 14.9 Å². The summed E-state index contributed by atoms with van der Waals surface area (Å²) < 4.78 is 6.16. The molecule has 1 saturated heterocycles. The Kier molecular flexibility index (Phi) is 4.49. The summed E-state index contributed by atoms with van der Waals surface area (Å²) >= 11 is 1.08. The van der Waals surface area contributed by atoms with Crippen LogP contribution >= 0.6 is 11.8 Å². The maximum absolute atomic E-state index is 11.7. The van der Waals surface area contributed by atoms with Crippen molar-refractivity contribution >= 4 is 22.9 Å². The van der Waals surface area contributed by atoms with E-state index < -0.39 is 0 Å². The van der Waals surface area contributed by atoms with Gasteiger partial charge in [-0.1, -0.05) is 54.2 Å². The summed E-state index contributed by atoms with van der Waals surface area (Å²) in [6, 6.07) is 16.5. The Morgan fingerprint density at radius 2 is 1.88 bits per heavy atom. The molecule has 2 aromatic rings. The first-order valence-electron chi connectivity index (χ1n) is 8.51. The summed E-state index contributed by atoms with van der Waals surface area (Å²) in [4.78, 5) is 23.0. The number of fused-ring (bicyclic) bond motifs is 1. The lowest BCUT2D eigenvalue weighted by Crippen LogP contribution is -2.26. The first-order valence-corrected chi connectivity index (χ1v) is 9.39. The molecular formula is C20H19NO3S. The van der Waals surface area contributed by atoms with Crippen LogP contribution in [-0.4, -0.2) is 22.5 Å². The minimum atomic E-state index is -0.319. The van der Waals surface area contributed by atoms with Gasteiger partial charge in [0.1, 0.15) is 11.9 Å². The monoisotopic (exact) mass is 353 g/mol. The normalized spacial score (nSPS) is 22.2. The highest BCUT2D eigenvalue weighted by Gasteiger charge is 2.31. The van der Waals surface area contributed by atoms with Gasteiger partial charge in [-0.05, 0) is 42.0 Å². The van der Waals surface area contributed by atoms with Crippen molar-refractivity contribution in [2.45, 2.75) is 37.0 Å². The number of rotatable bonds is 4. The van der Waals surface area contributed by atoms with Gasteiger partial charge in [0.15, 0.2) is 0 Å². The zero-order chi connectivity index (χ0) is 17.2. The molecule has 0 bridgehead atoms. The molecule has 2 aliphatic heterocycles. The largest absolute Gasteiger partial charge is 0.490 e. The molecule has 5 heteroatoms. The number of thioether (sulfide) groups is 1. The lowest BCUT2D eigenvalue weighted by Gasteiger charge is -2.27. The van der Waals surface area contributed by atoms with Gasteiger partial charge in [-0.25, -0.2) is 0 Å². The highest BCUT2D eigenvalue weighted by atomic mass is 32.2. The molecule has 0 radical (unpaired) electrons. The summed E-state index contributed by atoms with van der Waals surface area (Å²) in [5, 5.41) is 1.77. The maximum atomic E-state index is 11.7. The van der Waals surface area contributed by atoms with Crippen molar-refractivity contribution in [1.82, 2.24) is 5.32 Å². The molecule has 2 aliphatic rings. The molecule has 4 nitrogen and oxygen atoms in total. The van der Waals surface area contributed by atoms with Gasteiger partial charge < -0.3 is 4.74 Å². The van der Waals surface area contributed by atoms with Crippen LogP contribution in [0.2, 0.25) is 0 Å². The van der Waals surface area contributed by atoms with Gasteiger partial charge in [0.25, 0.3) is 5.24 Å². The zero-order valence-corrected chi connectivity index (χ0v) is 14.6. The summed E-state index contributed by atoms with van der Waals surface area (Å²) in [7, 11) is 0. The molecule has 0 aliphatic carbocycles. The van der Waals surface area contributed by atoms with Gasteiger partial charge in [0.05, 0.1) is 5.25 Å². The fourth-order valence-corrected chi connectivity index (χ4v) is 4.25. The second-order valence-electron chi connectivity index (χ2n) is 6.50. The van der Waals surface area contributed by atoms with Crippen molar-refractivity contribution in [2.24, 2.45) is 0 Å². The van der Waals surface area contributed by atoms with E-state index in [4.69, 9.17) is 4.74 Å². The van der Waals surface area contributed by atoms with E-state index in [0.29, 0.717) is 6.42 Å². The van der Waals surface area contributed by atoms with Gasteiger partial charge in [-0.2, -0.15) is 0 Å². The molecule has 2 amide bonds. The summed E-state index contributed by atoms with van der Waals surface area (Å²) in [5.41, 5.74) is 3.56. The second-order valence-corrected chi connectivity index (χ2v) is 7.67. The summed E-state index contributed by atoms with van der Waals surface area (Å²) in [6.07, 6.45) is 3.66. The van der Waals surface area contributed by atoms with E-state index >= 15 is 0 Å². The van der Waals surface area contributed by atoms with Crippen molar-refractivity contribution in [2.75, 3.05) is 0 Å². The Morgan fingerprint density at radius 1 is 1.04 bits per heavy atom. The Labute approximate surface area is 151 Å². The zero-order valence-electron chi connectivity index (χ0n) is 13.7. The van der Waals surface area contributed by atoms with E-state index in [1.807, 2.05) is 18.2 Å². The Morgan fingerprint density at radius 3 is 2.64 bits per heavy atom. The number of amides is 2. The van der Waals surface area contributed by atoms with E-state index in [-0.39, 0.29) is 22.5 Å². The minimum absolute atomic E-state index is 0.188. The molecule has 1 N–H and O–H groups in total. The smallest absolute Gasteiger partial charge is 0.286 e. The number of hydrogen-bond donors (Lipinski definition) is 1. The predicted molar refractivity (Wildman–Crippen MR) is 97.9 cm³/mol. The Hall–Kier alpha value is -2.27. The minimum Gasteiger partial charge on any atom is -0.490 e. The number of ether oxygens (including phenoxy) is 1. The van der Waals surface area contributed by atoms with Crippen molar-refractivity contribution in [3.05, 3.63) is 65.2 Å². The van der Waals surface area contributed by atoms with E-state index in [1.54, 1.807) is 0 Å². The van der Waals surface area contributed by atoms with E-state index in [9.17, 15) is 9.59 Å². The Bertz CT molecular complexity index is 806. The number of carbonyl (C=O) groups excluding carboxylic acids is 2. The van der Waals surface area contributed by atoms with Crippen LogP contribution in [-0.2, 0) is 24.1 Å². The van der Waals surface area contributed by atoms with Crippen LogP contribution < -0.4 is 10.1 Å². The fourth-order valence-electron chi connectivity index (χ4n) is 3.39. The number of benzene rings is 2. The first kappa shape index (κ1) is 16.2. The highest BCUT2D eigenvalue weighted by Crippen LogP contribution is 2.31. The molecule has 0 saturated carbocycles. The number of imide groups is 1. The molecular weight excluding hydrogens is 334 g/mol. The van der Waals surface area contributed by atoms with Crippen LogP contribution in [0.4, 0.5) is 4.79 Å². The van der Waals surface area contributed by atoms with Crippen LogP contribution in [0.25, 0.3) is 0 Å². The topological polar surface area (TPSA) is 55.4 Å². The lowest BCUT2D eigenvalue weighted by atomic mass is 9.95. The molecule has 25 heavy (non-hydrogen) atoms. The third-order valence-electron chi connectivity index (χ3n) is 4.65. The Balaban J connectivity index is 1.42. The molecule has 2 atom stereocenters. The number of nitrogens with one attached hydrogen (secondary N) is 1. The predicted octanol–water partition coefficient (Wildman–Crippen LogP) is 3.52. The van der Waals surface area contributed by atoms with Gasteiger partial charge >= 0.3 is 0 Å². The maximum Gasteiger partial charge on any atom is 0.286 e.